The van der Waals surface area contributed by atoms with Crippen molar-refractivity contribution in [2.45, 2.75) is 46.6 Å². The third-order valence-corrected chi connectivity index (χ3v) is 3.82. The van der Waals surface area contributed by atoms with Crippen LogP contribution in [-0.2, 0) is 11.2 Å². The Morgan fingerprint density at radius 1 is 1.21 bits per heavy atom. The number of rotatable bonds is 6. The second kappa shape index (κ2) is 7.29. The van der Waals surface area contributed by atoms with E-state index in [9.17, 15) is 9.59 Å². The Labute approximate surface area is 141 Å². The standard InChI is InChI=1S/C18H23N3O3/c1-11(2)19-18(24)14-5-7-15(8-6-14)21-13(4)16(12(3)20-21)9-10-17(22)23/h5-8,11H,9-10H2,1-4H3,(H,19,24)(H,22,23). The van der Waals surface area contributed by atoms with E-state index >= 15 is 0 Å². The summed E-state index contributed by atoms with van der Waals surface area (Å²) in [7, 11) is 0. The van der Waals surface area contributed by atoms with Gasteiger partial charge in [-0.05, 0) is 63.9 Å². The van der Waals surface area contributed by atoms with E-state index in [1.54, 1.807) is 16.8 Å². The van der Waals surface area contributed by atoms with Crippen LogP contribution in [-0.4, -0.2) is 32.8 Å². The molecule has 1 amide bonds. The van der Waals surface area contributed by atoms with E-state index in [-0.39, 0.29) is 18.4 Å². The Morgan fingerprint density at radius 2 is 1.83 bits per heavy atom. The zero-order valence-corrected chi connectivity index (χ0v) is 14.5. The molecule has 6 nitrogen and oxygen atoms in total. The fourth-order valence-electron chi connectivity index (χ4n) is 2.62. The molecule has 1 aromatic carbocycles. The number of hydrogen-bond acceptors (Lipinski definition) is 3. The van der Waals surface area contributed by atoms with Crippen molar-refractivity contribution in [2.75, 3.05) is 0 Å². The molecule has 0 aliphatic carbocycles. The molecule has 1 aromatic heterocycles. The summed E-state index contributed by atoms with van der Waals surface area (Å²) < 4.78 is 1.79. The van der Waals surface area contributed by atoms with Gasteiger partial charge in [0.05, 0.1) is 11.4 Å². The first kappa shape index (κ1) is 17.7. The summed E-state index contributed by atoms with van der Waals surface area (Å²) >= 11 is 0. The van der Waals surface area contributed by atoms with Crippen LogP contribution in [0.3, 0.4) is 0 Å². The van der Waals surface area contributed by atoms with Gasteiger partial charge >= 0.3 is 5.97 Å². The highest BCUT2D eigenvalue weighted by Gasteiger charge is 2.14. The molecule has 1 heterocycles. The molecule has 0 atom stereocenters. The predicted molar refractivity (Wildman–Crippen MR) is 91.6 cm³/mol. The van der Waals surface area contributed by atoms with Crippen LogP contribution in [0.25, 0.3) is 5.69 Å². The molecule has 0 aliphatic rings. The van der Waals surface area contributed by atoms with Crippen molar-refractivity contribution in [2.24, 2.45) is 0 Å². The van der Waals surface area contributed by atoms with Crippen molar-refractivity contribution in [3.8, 4) is 5.69 Å². The van der Waals surface area contributed by atoms with Crippen molar-refractivity contribution in [1.29, 1.82) is 0 Å². The molecule has 128 valence electrons. The third kappa shape index (κ3) is 4.01. The molecule has 0 bridgehead atoms. The summed E-state index contributed by atoms with van der Waals surface area (Å²) in [6.07, 6.45) is 0.545. The van der Waals surface area contributed by atoms with E-state index in [1.165, 1.54) is 0 Å². The van der Waals surface area contributed by atoms with Crippen LogP contribution in [0.5, 0.6) is 0 Å². The molecule has 0 saturated carbocycles. The molecular weight excluding hydrogens is 306 g/mol. The lowest BCUT2D eigenvalue weighted by molar-refractivity contribution is -0.136. The highest BCUT2D eigenvalue weighted by atomic mass is 16.4. The van der Waals surface area contributed by atoms with Gasteiger partial charge in [-0.15, -0.1) is 0 Å². The van der Waals surface area contributed by atoms with Gasteiger partial charge in [-0.2, -0.15) is 5.10 Å². The first-order chi connectivity index (χ1) is 11.3. The highest BCUT2D eigenvalue weighted by Crippen LogP contribution is 2.20. The van der Waals surface area contributed by atoms with Gasteiger partial charge in [-0.3, -0.25) is 9.59 Å². The van der Waals surface area contributed by atoms with Crippen LogP contribution < -0.4 is 5.32 Å². The van der Waals surface area contributed by atoms with Crippen LogP contribution in [0.1, 0.15) is 47.6 Å². The second-order valence-electron chi connectivity index (χ2n) is 6.13. The Bertz CT molecular complexity index is 746. The molecule has 0 radical (unpaired) electrons. The minimum absolute atomic E-state index is 0.0850. The Morgan fingerprint density at radius 3 is 2.38 bits per heavy atom. The molecular formula is C18H23N3O3. The van der Waals surface area contributed by atoms with Gasteiger partial charge in [0.2, 0.25) is 0 Å². The number of nitrogens with one attached hydrogen (secondary N) is 1. The molecule has 2 rings (SSSR count). The fraction of sp³-hybridized carbons (Fsp3) is 0.389. The van der Waals surface area contributed by atoms with Crippen LogP contribution >= 0.6 is 0 Å². The zero-order valence-electron chi connectivity index (χ0n) is 14.5. The minimum Gasteiger partial charge on any atom is -0.481 e. The molecule has 6 heteroatoms. The summed E-state index contributed by atoms with van der Waals surface area (Å²) in [5, 5.41) is 16.2. The van der Waals surface area contributed by atoms with Gasteiger partial charge in [-0.1, -0.05) is 0 Å². The highest BCUT2D eigenvalue weighted by molar-refractivity contribution is 5.94. The van der Waals surface area contributed by atoms with Gasteiger partial charge < -0.3 is 10.4 Å². The van der Waals surface area contributed by atoms with Crippen LogP contribution in [0.15, 0.2) is 24.3 Å². The third-order valence-electron chi connectivity index (χ3n) is 3.82. The summed E-state index contributed by atoms with van der Waals surface area (Å²) in [6.45, 7) is 7.64. The second-order valence-corrected chi connectivity index (χ2v) is 6.13. The Hall–Kier alpha value is -2.63. The maximum atomic E-state index is 12.0. The average molecular weight is 329 g/mol. The number of carbonyl (C=O) groups is 2. The smallest absolute Gasteiger partial charge is 0.303 e. The van der Waals surface area contributed by atoms with Crippen molar-refractivity contribution in [3.63, 3.8) is 0 Å². The van der Waals surface area contributed by atoms with Gasteiger partial charge in [0.15, 0.2) is 0 Å². The quantitative estimate of drug-likeness (QED) is 0.853. The molecule has 0 saturated heterocycles. The number of benzene rings is 1. The van der Waals surface area contributed by atoms with Crippen molar-refractivity contribution >= 4 is 11.9 Å². The van der Waals surface area contributed by atoms with E-state index in [4.69, 9.17) is 5.11 Å². The Kier molecular flexibility index (Phi) is 5.39. The van der Waals surface area contributed by atoms with E-state index in [0.29, 0.717) is 12.0 Å². The maximum absolute atomic E-state index is 12.0. The van der Waals surface area contributed by atoms with Crippen LogP contribution in [0, 0.1) is 13.8 Å². The number of aromatic nitrogens is 2. The molecule has 0 aliphatic heterocycles. The minimum atomic E-state index is -0.818. The van der Waals surface area contributed by atoms with Crippen LogP contribution in [0.2, 0.25) is 0 Å². The SMILES string of the molecule is Cc1nn(-c2ccc(C(=O)NC(C)C)cc2)c(C)c1CCC(=O)O. The number of amides is 1. The molecule has 2 N–H and O–H groups in total. The van der Waals surface area contributed by atoms with Gasteiger partial charge in [0.25, 0.3) is 5.91 Å². The predicted octanol–water partition coefficient (Wildman–Crippen LogP) is 2.64. The van der Waals surface area contributed by atoms with Crippen molar-refractivity contribution < 1.29 is 14.7 Å². The summed E-state index contributed by atoms with van der Waals surface area (Å²) in [4.78, 5) is 22.8. The van der Waals surface area contributed by atoms with E-state index < -0.39 is 5.97 Å². The largest absolute Gasteiger partial charge is 0.481 e. The number of carboxylic acids is 1. The normalized spacial score (nSPS) is 10.9. The molecule has 0 fully saturated rings. The lowest BCUT2D eigenvalue weighted by Gasteiger charge is -2.09. The molecule has 0 unspecified atom stereocenters. The van der Waals surface area contributed by atoms with Gasteiger partial charge in [-0.25, -0.2) is 4.68 Å². The van der Waals surface area contributed by atoms with E-state index in [0.717, 1.165) is 22.6 Å². The van der Waals surface area contributed by atoms with Gasteiger partial charge in [0, 0.05) is 23.7 Å². The first-order valence-electron chi connectivity index (χ1n) is 7.97. The van der Waals surface area contributed by atoms with Crippen molar-refractivity contribution in [3.05, 3.63) is 46.8 Å². The van der Waals surface area contributed by atoms with Gasteiger partial charge in [0.1, 0.15) is 0 Å². The summed E-state index contributed by atoms with van der Waals surface area (Å²) in [6, 6.07) is 7.30. The molecule has 2 aromatic rings. The Balaban J connectivity index is 2.24. The monoisotopic (exact) mass is 329 g/mol. The number of carbonyl (C=O) groups excluding carboxylic acids is 1. The van der Waals surface area contributed by atoms with E-state index in [2.05, 4.69) is 10.4 Å². The number of hydrogen-bond donors (Lipinski definition) is 2. The molecule has 24 heavy (non-hydrogen) atoms. The lowest BCUT2D eigenvalue weighted by Crippen LogP contribution is -2.30. The zero-order chi connectivity index (χ0) is 17.9. The lowest BCUT2D eigenvalue weighted by atomic mass is 10.1. The summed E-state index contributed by atoms with van der Waals surface area (Å²) in [5.41, 5.74) is 4.15. The molecule has 0 spiro atoms. The number of nitrogens with zero attached hydrogens (tertiary/aromatic N) is 2. The number of aliphatic carboxylic acids is 1. The number of carboxylic acid groups (broad SMARTS) is 1. The maximum Gasteiger partial charge on any atom is 0.303 e. The summed E-state index contributed by atoms with van der Waals surface area (Å²) in [5.74, 6) is -0.922. The fourth-order valence-corrected chi connectivity index (χ4v) is 2.62. The number of aryl methyl sites for hydroxylation is 1. The van der Waals surface area contributed by atoms with Crippen LogP contribution in [0.4, 0.5) is 0 Å². The van der Waals surface area contributed by atoms with Crippen molar-refractivity contribution in [1.82, 2.24) is 15.1 Å². The average Bonchev–Trinajstić information content (AvgIpc) is 2.79. The first-order valence-corrected chi connectivity index (χ1v) is 7.97. The topological polar surface area (TPSA) is 84.2 Å². The van der Waals surface area contributed by atoms with E-state index in [1.807, 2.05) is 39.8 Å².